The van der Waals surface area contributed by atoms with E-state index in [-0.39, 0.29) is 0 Å². The van der Waals surface area contributed by atoms with Crippen molar-refractivity contribution in [3.05, 3.63) is 47.7 Å². The largest absolute Gasteiger partial charge is 0.379 e. The van der Waals surface area contributed by atoms with Crippen molar-refractivity contribution >= 4 is 11.8 Å². The van der Waals surface area contributed by atoms with Gasteiger partial charge in [-0.25, -0.2) is 4.98 Å². The predicted octanol–water partition coefficient (Wildman–Crippen LogP) is 2.17. The van der Waals surface area contributed by atoms with Crippen LogP contribution in [0.2, 0.25) is 0 Å². The van der Waals surface area contributed by atoms with E-state index in [1.807, 2.05) is 26.1 Å². The van der Waals surface area contributed by atoms with Crippen molar-refractivity contribution in [2.24, 2.45) is 0 Å². The molecule has 1 aromatic carbocycles. The lowest BCUT2D eigenvalue weighted by Gasteiger charge is -2.26. The molecule has 0 saturated carbocycles. The monoisotopic (exact) mass is 341 g/mol. The smallest absolute Gasteiger partial charge is 0.227 e. The van der Waals surface area contributed by atoms with Gasteiger partial charge in [0.2, 0.25) is 5.95 Å². The number of nitrogens with zero attached hydrogens (tertiary/aromatic N) is 4. The lowest BCUT2D eigenvalue weighted by molar-refractivity contribution is 0.0398. The number of aryl methyl sites for hydroxylation is 1. The number of hydrogen-bond donors (Lipinski definition) is 1. The minimum absolute atomic E-state index is 0.748. The summed E-state index contributed by atoms with van der Waals surface area (Å²) < 4.78 is 5.38. The fourth-order valence-electron chi connectivity index (χ4n) is 2.91. The van der Waals surface area contributed by atoms with Crippen LogP contribution in [0, 0.1) is 6.92 Å². The zero-order valence-corrected chi connectivity index (χ0v) is 15.1. The first-order chi connectivity index (χ1) is 12.2. The fourth-order valence-corrected chi connectivity index (χ4v) is 2.91. The van der Waals surface area contributed by atoms with Gasteiger partial charge in [-0.05, 0) is 12.5 Å². The quantitative estimate of drug-likeness (QED) is 0.833. The van der Waals surface area contributed by atoms with Crippen LogP contribution < -0.4 is 10.2 Å². The van der Waals surface area contributed by atoms with Crippen molar-refractivity contribution in [2.45, 2.75) is 13.5 Å². The van der Waals surface area contributed by atoms with Crippen molar-refractivity contribution in [3.63, 3.8) is 0 Å². The van der Waals surface area contributed by atoms with Gasteiger partial charge in [-0.2, -0.15) is 4.98 Å². The van der Waals surface area contributed by atoms with Crippen LogP contribution in [0.3, 0.4) is 0 Å². The van der Waals surface area contributed by atoms with Crippen LogP contribution in [-0.2, 0) is 11.3 Å². The Kier molecular flexibility index (Phi) is 6.19. The zero-order valence-electron chi connectivity index (χ0n) is 15.1. The molecule has 0 bridgehead atoms. The van der Waals surface area contributed by atoms with Crippen LogP contribution in [0.1, 0.15) is 11.3 Å². The predicted molar refractivity (Wildman–Crippen MR) is 101 cm³/mol. The maximum atomic E-state index is 5.38. The van der Waals surface area contributed by atoms with E-state index in [1.54, 1.807) is 0 Å². The van der Waals surface area contributed by atoms with Crippen LogP contribution in [-0.4, -0.2) is 61.3 Å². The van der Waals surface area contributed by atoms with E-state index < -0.39 is 0 Å². The number of hydrogen-bond acceptors (Lipinski definition) is 6. The summed E-state index contributed by atoms with van der Waals surface area (Å²) >= 11 is 0. The summed E-state index contributed by atoms with van der Waals surface area (Å²) in [5.74, 6) is 1.63. The summed E-state index contributed by atoms with van der Waals surface area (Å²) in [6.07, 6.45) is 0. The highest BCUT2D eigenvalue weighted by atomic mass is 16.5. The molecule has 0 radical (unpaired) electrons. The second kappa shape index (κ2) is 8.78. The van der Waals surface area contributed by atoms with E-state index in [9.17, 15) is 0 Å². The second-order valence-corrected chi connectivity index (χ2v) is 6.42. The molecule has 1 saturated heterocycles. The van der Waals surface area contributed by atoms with E-state index in [1.165, 1.54) is 5.56 Å². The molecule has 25 heavy (non-hydrogen) atoms. The van der Waals surface area contributed by atoms with Crippen LogP contribution in [0.25, 0.3) is 0 Å². The van der Waals surface area contributed by atoms with Crippen LogP contribution in [0.4, 0.5) is 11.8 Å². The van der Waals surface area contributed by atoms with Crippen molar-refractivity contribution in [3.8, 4) is 0 Å². The van der Waals surface area contributed by atoms with Gasteiger partial charge in [0.15, 0.2) is 0 Å². The molecule has 3 rings (SSSR count). The molecule has 0 amide bonds. The molecule has 0 atom stereocenters. The van der Waals surface area contributed by atoms with Gasteiger partial charge in [-0.1, -0.05) is 30.3 Å². The first kappa shape index (κ1) is 17.6. The van der Waals surface area contributed by atoms with E-state index in [0.717, 1.165) is 63.4 Å². The molecule has 1 aliphatic heterocycles. The number of morpholine rings is 1. The maximum Gasteiger partial charge on any atom is 0.227 e. The van der Waals surface area contributed by atoms with E-state index >= 15 is 0 Å². The molecule has 134 valence electrons. The molecule has 2 heterocycles. The summed E-state index contributed by atoms with van der Waals surface area (Å²) in [7, 11) is 2.03. The molecule has 6 nitrogen and oxygen atoms in total. The first-order valence-corrected chi connectivity index (χ1v) is 8.85. The molecule has 1 aliphatic rings. The average molecular weight is 341 g/mol. The standard InChI is InChI=1S/C19H27N5O/c1-16-14-18(20-8-9-24-10-12-25-13-11-24)22-19(21-16)23(2)15-17-6-4-3-5-7-17/h3-7,14H,8-13,15H2,1-2H3,(H,20,21,22). The Morgan fingerprint density at radius 2 is 1.92 bits per heavy atom. The summed E-state index contributed by atoms with van der Waals surface area (Å²) in [5.41, 5.74) is 2.22. The number of nitrogens with one attached hydrogen (secondary N) is 1. The molecule has 0 aliphatic carbocycles. The maximum absolute atomic E-state index is 5.38. The van der Waals surface area contributed by atoms with E-state index in [4.69, 9.17) is 4.74 Å². The van der Waals surface area contributed by atoms with Gasteiger partial charge in [0.25, 0.3) is 0 Å². The normalized spacial score (nSPS) is 15.1. The van der Waals surface area contributed by atoms with E-state index in [0.29, 0.717) is 0 Å². The molecule has 1 fully saturated rings. The van der Waals surface area contributed by atoms with Gasteiger partial charge in [-0.3, -0.25) is 4.90 Å². The minimum Gasteiger partial charge on any atom is -0.379 e. The lowest BCUT2D eigenvalue weighted by atomic mass is 10.2. The number of rotatable bonds is 7. The van der Waals surface area contributed by atoms with Crippen molar-refractivity contribution in [2.75, 3.05) is 56.7 Å². The molecule has 1 aromatic heterocycles. The van der Waals surface area contributed by atoms with Gasteiger partial charge < -0.3 is 15.0 Å². The zero-order chi connectivity index (χ0) is 17.5. The average Bonchev–Trinajstić information content (AvgIpc) is 2.63. The van der Waals surface area contributed by atoms with Gasteiger partial charge in [-0.15, -0.1) is 0 Å². The minimum atomic E-state index is 0.748. The third kappa shape index (κ3) is 5.41. The number of ether oxygens (including phenoxy) is 1. The highest BCUT2D eigenvalue weighted by Gasteiger charge is 2.11. The topological polar surface area (TPSA) is 53.5 Å². The summed E-state index contributed by atoms with van der Waals surface area (Å²) in [5, 5.41) is 3.43. The number of anilines is 2. The highest BCUT2D eigenvalue weighted by Crippen LogP contribution is 2.15. The van der Waals surface area contributed by atoms with Crippen LogP contribution in [0.5, 0.6) is 0 Å². The molecule has 0 unspecified atom stereocenters. The Morgan fingerprint density at radius 3 is 2.68 bits per heavy atom. The molecular weight excluding hydrogens is 314 g/mol. The van der Waals surface area contributed by atoms with Gasteiger partial charge in [0.1, 0.15) is 5.82 Å². The van der Waals surface area contributed by atoms with Crippen LogP contribution >= 0.6 is 0 Å². The van der Waals surface area contributed by atoms with Crippen molar-refractivity contribution in [1.29, 1.82) is 0 Å². The SMILES string of the molecule is Cc1cc(NCCN2CCOCC2)nc(N(C)Cc2ccccc2)n1. The molecule has 0 spiro atoms. The molecular formula is C19H27N5O. The van der Waals surface area contributed by atoms with Crippen molar-refractivity contribution in [1.82, 2.24) is 14.9 Å². The molecule has 1 N–H and O–H groups in total. The number of benzene rings is 1. The van der Waals surface area contributed by atoms with Gasteiger partial charge in [0.05, 0.1) is 13.2 Å². The summed E-state index contributed by atoms with van der Waals surface area (Å²) in [4.78, 5) is 13.7. The summed E-state index contributed by atoms with van der Waals surface area (Å²) in [6, 6.07) is 12.4. The Labute approximate surface area is 149 Å². The third-order valence-electron chi connectivity index (χ3n) is 4.28. The molecule has 6 heteroatoms. The summed E-state index contributed by atoms with van der Waals surface area (Å²) in [6.45, 7) is 8.36. The molecule has 2 aromatic rings. The Hall–Kier alpha value is -2.18. The fraction of sp³-hybridized carbons (Fsp3) is 0.474. The Balaban J connectivity index is 1.57. The van der Waals surface area contributed by atoms with E-state index in [2.05, 4.69) is 49.4 Å². The Bertz CT molecular complexity index is 658. The van der Waals surface area contributed by atoms with Gasteiger partial charge in [0, 0.05) is 51.5 Å². The first-order valence-electron chi connectivity index (χ1n) is 8.85. The second-order valence-electron chi connectivity index (χ2n) is 6.42. The van der Waals surface area contributed by atoms with Crippen molar-refractivity contribution < 1.29 is 4.74 Å². The van der Waals surface area contributed by atoms with Gasteiger partial charge >= 0.3 is 0 Å². The van der Waals surface area contributed by atoms with Crippen LogP contribution in [0.15, 0.2) is 36.4 Å². The third-order valence-corrected chi connectivity index (χ3v) is 4.28. The Morgan fingerprint density at radius 1 is 1.16 bits per heavy atom. The number of aromatic nitrogens is 2. The highest BCUT2D eigenvalue weighted by molar-refractivity contribution is 5.43. The lowest BCUT2D eigenvalue weighted by Crippen LogP contribution is -2.39.